The second-order valence-corrected chi connectivity index (χ2v) is 7.71. The van der Waals surface area contributed by atoms with Gasteiger partial charge in [0.05, 0.1) is 22.4 Å². The van der Waals surface area contributed by atoms with Gasteiger partial charge in [0.2, 0.25) is 0 Å². The summed E-state index contributed by atoms with van der Waals surface area (Å²) in [4.78, 5) is 18.5. The van der Waals surface area contributed by atoms with Gasteiger partial charge in [0, 0.05) is 50.4 Å². The van der Waals surface area contributed by atoms with E-state index in [0.717, 1.165) is 44.2 Å². The predicted octanol–water partition coefficient (Wildman–Crippen LogP) is 3.68. The van der Waals surface area contributed by atoms with Gasteiger partial charge >= 0.3 is 0 Å². The molecule has 0 spiro atoms. The molecule has 6 nitrogen and oxygen atoms in total. The highest BCUT2D eigenvalue weighted by Gasteiger charge is 2.12. The molecule has 0 unspecified atom stereocenters. The van der Waals surface area contributed by atoms with E-state index in [1.165, 1.54) is 0 Å². The van der Waals surface area contributed by atoms with E-state index in [1.54, 1.807) is 23.5 Å². The molecule has 0 amide bonds. The lowest BCUT2D eigenvalue weighted by Crippen LogP contribution is -2.02. The maximum absolute atomic E-state index is 4.87. The van der Waals surface area contributed by atoms with Crippen LogP contribution in [0.25, 0.3) is 11.0 Å². The Morgan fingerprint density at radius 3 is 1.62 bits per heavy atom. The predicted molar refractivity (Wildman–Crippen MR) is 105 cm³/mol. The van der Waals surface area contributed by atoms with Gasteiger partial charge in [-0.1, -0.05) is 35.7 Å². The normalized spacial score (nSPS) is 11.3. The van der Waals surface area contributed by atoms with Gasteiger partial charge in [0.15, 0.2) is 10.3 Å². The number of thioether (sulfide) groups is 2. The summed E-state index contributed by atoms with van der Waals surface area (Å²) in [5.41, 5.74) is 3.85. The van der Waals surface area contributed by atoms with E-state index >= 15 is 0 Å². The van der Waals surface area contributed by atoms with Crippen LogP contribution in [0.4, 0.5) is 0 Å². The lowest BCUT2D eigenvalue weighted by Gasteiger charge is -2.10. The Kier molecular flexibility index (Phi) is 4.94. The molecule has 0 aliphatic carbocycles. The Hall–Kier alpha value is -2.32. The minimum atomic E-state index is 0.735. The molecule has 3 aromatic heterocycles. The van der Waals surface area contributed by atoms with Crippen LogP contribution in [0.5, 0.6) is 0 Å². The Bertz CT molecular complexity index is 956. The third kappa shape index (κ3) is 3.61. The molecule has 1 aromatic carbocycles. The van der Waals surface area contributed by atoms with Crippen molar-refractivity contribution in [2.45, 2.75) is 21.8 Å². The highest BCUT2D eigenvalue weighted by Crippen LogP contribution is 2.27. The first-order valence-corrected chi connectivity index (χ1v) is 10.1. The first kappa shape index (κ1) is 17.1. The number of rotatable bonds is 6. The molecule has 0 fully saturated rings. The number of fused-ring (bicyclic) bond motifs is 1. The summed E-state index contributed by atoms with van der Waals surface area (Å²) in [6, 6.07) is 8.00. The molecule has 0 atom stereocenters. The summed E-state index contributed by atoms with van der Waals surface area (Å²) >= 11 is 3.35. The molecule has 0 bridgehead atoms. The molecule has 0 radical (unpaired) electrons. The largest absolute Gasteiger partial charge is 0.329 e. The second-order valence-electron chi connectivity index (χ2n) is 5.82. The van der Waals surface area contributed by atoms with Crippen molar-refractivity contribution >= 4 is 34.6 Å². The summed E-state index contributed by atoms with van der Waals surface area (Å²) in [5.74, 6) is 1.47. The highest BCUT2D eigenvalue weighted by atomic mass is 32.2. The van der Waals surface area contributed by atoms with Crippen LogP contribution in [0.1, 0.15) is 11.4 Å². The zero-order valence-electron chi connectivity index (χ0n) is 14.5. The zero-order valence-corrected chi connectivity index (χ0v) is 16.2. The number of aromatic nitrogens is 6. The topological polar surface area (TPSA) is 61.4 Å². The summed E-state index contributed by atoms with van der Waals surface area (Å²) in [5, 5.41) is 1.95. The molecule has 132 valence electrons. The summed E-state index contributed by atoms with van der Waals surface area (Å²) in [7, 11) is 4.00. The fourth-order valence-corrected chi connectivity index (χ4v) is 4.35. The number of nitrogens with zero attached hydrogens (tertiary/aromatic N) is 6. The van der Waals surface area contributed by atoms with Gasteiger partial charge in [-0.05, 0) is 12.1 Å². The number of aryl methyl sites for hydroxylation is 2. The fraction of sp³-hybridized carbons (Fsp3) is 0.222. The van der Waals surface area contributed by atoms with E-state index in [9.17, 15) is 0 Å². The first-order chi connectivity index (χ1) is 12.7. The van der Waals surface area contributed by atoms with Crippen molar-refractivity contribution in [3.63, 3.8) is 0 Å². The lowest BCUT2D eigenvalue weighted by atomic mass is 10.2. The smallest absolute Gasteiger partial charge is 0.168 e. The Labute approximate surface area is 160 Å². The van der Waals surface area contributed by atoms with Crippen molar-refractivity contribution in [2.24, 2.45) is 14.1 Å². The molecule has 0 aliphatic rings. The number of hydrogen-bond donors (Lipinski definition) is 0. The molecule has 4 rings (SSSR count). The molecule has 26 heavy (non-hydrogen) atoms. The number of hydrogen-bond acceptors (Lipinski definition) is 6. The third-order valence-corrected chi connectivity index (χ3v) is 6.09. The van der Waals surface area contributed by atoms with Crippen LogP contribution in [0, 0.1) is 0 Å². The molecule has 0 aliphatic heterocycles. The Morgan fingerprint density at radius 2 is 1.23 bits per heavy atom. The molecule has 0 N–H and O–H groups in total. The quantitative estimate of drug-likeness (QED) is 0.474. The van der Waals surface area contributed by atoms with Gasteiger partial charge < -0.3 is 9.13 Å². The third-order valence-electron chi connectivity index (χ3n) is 3.96. The van der Waals surface area contributed by atoms with Crippen molar-refractivity contribution in [1.82, 2.24) is 29.1 Å². The van der Waals surface area contributed by atoms with Crippen LogP contribution in [0.3, 0.4) is 0 Å². The Morgan fingerprint density at radius 1 is 0.769 bits per heavy atom. The molecule has 0 saturated carbocycles. The van der Waals surface area contributed by atoms with Crippen molar-refractivity contribution in [3.05, 3.63) is 60.4 Å². The average molecular weight is 383 g/mol. The second kappa shape index (κ2) is 7.51. The van der Waals surface area contributed by atoms with Crippen molar-refractivity contribution in [2.75, 3.05) is 0 Å². The molecular weight excluding hydrogens is 364 g/mol. The zero-order chi connectivity index (χ0) is 17.9. The van der Waals surface area contributed by atoms with E-state index < -0.39 is 0 Å². The van der Waals surface area contributed by atoms with Gasteiger partial charge in [0.25, 0.3) is 0 Å². The van der Waals surface area contributed by atoms with E-state index in [-0.39, 0.29) is 0 Å². The maximum Gasteiger partial charge on any atom is 0.168 e. The van der Waals surface area contributed by atoms with Crippen molar-refractivity contribution in [1.29, 1.82) is 0 Å². The summed E-state index contributed by atoms with van der Waals surface area (Å²) in [6.45, 7) is 0. The number of benzene rings is 1. The molecular formula is C18H18N6S2. The van der Waals surface area contributed by atoms with Crippen molar-refractivity contribution in [3.8, 4) is 0 Å². The number of imidazole rings is 2. The SMILES string of the molecule is Cn1ccnc1SCc1nc2ccccc2nc1CSc1nccn1C. The van der Waals surface area contributed by atoms with E-state index in [4.69, 9.17) is 9.97 Å². The van der Waals surface area contributed by atoms with Gasteiger partial charge in [-0.25, -0.2) is 19.9 Å². The standard InChI is InChI=1S/C18H18N6S2/c1-23-9-7-19-17(23)25-11-15-16(12-26-18-20-8-10-24(18)2)22-14-6-4-3-5-13(14)21-15/h3-10H,11-12H2,1-2H3. The van der Waals surface area contributed by atoms with Gasteiger partial charge in [0.1, 0.15) is 0 Å². The minimum Gasteiger partial charge on any atom is -0.329 e. The highest BCUT2D eigenvalue weighted by molar-refractivity contribution is 7.98. The van der Waals surface area contributed by atoms with E-state index in [0.29, 0.717) is 0 Å². The monoisotopic (exact) mass is 382 g/mol. The average Bonchev–Trinajstić information content (AvgIpc) is 3.25. The molecule has 4 aromatic rings. The van der Waals surface area contributed by atoms with Crippen LogP contribution < -0.4 is 0 Å². The molecule has 0 saturated heterocycles. The van der Waals surface area contributed by atoms with Crippen LogP contribution in [-0.2, 0) is 25.6 Å². The van der Waals surface area contributed by atoms with Crippen LogP contribution >= 0.6 is 23.5 Å². The summed E-state index contributed by atoms with van der Waals surface area (Å²) in [6.07, 6.45) is 7.52. The van der Waals surface area contributed by atoms with Crippen LogP contribution in [0.15, 0.2) is 59.4 Å². The maximum atomic E-state index is 4.87. The van der Waals surface area contributed by atoms with E-state index in [2.05, 4.69) is 9.97 Å². The van der Waals surface area contributed by atoms with Crippen LogP contribution in [0.2, 0.25) is 0 Å². The van der Waals surface area contributed by atoms with E-state index in [1.807, 2.05) is 72.3 Å². The summed E-state index contributed by atoms with van der Waals surface area (Å²) < 4.78 is 4.03. The van der Waals surface area contributed by atoms with Gasteiger partial charge in [-0.3, -0.25) is 0 Å². The molecule has 3 heterocycles. The fourth-order valence-electron chi connectivity index (χ4n) is 2.55. The molecule has 8 heteroatoms. The van der Waals surface area contributed by atoms with Crippen LogP contribution in [-0.4, -0.2) is 29.1 Å². The van der Waals surface area contributed by atoms with Gasteiger partial charge in [-0.2, -0.15) is 0 Å². The van der Waals surface area contributed by atoms with Crippen molar-refractivity contribution < 1.29 is 0 Å². The first-order valence-electron chi connectivity index (χ1n) is 8.15. The lowest BCUT2D eigenvalue weighted by molar-refractivity contribution is 0.788. The number of para-hydroxylation sites is 2. The Balaban J connectivity index is 1.62. The van der Waals surface area contributed by atoms with Gasteiger partial charge in [-0.15, -0.1) is 0 Å². The minimum absolute atomic E-state index is 0.735.